The number of guanidine groups is 1. The number of aryl methyl sites for hydroxylation is 1. The maximum atomic E-state index is 4.25. The molecule has 2 N–H and O–H groups in total. The zero-order chi connectivity index (χ0) is 15.9. The van der Waals surface area contributed by atoms with Crippen LogP contribution < -0.4 is 10.6 Å². The van der Waals surface area contributed by atoms with E-state index in [1.54, 1.807) is 7.05 Å². The Labute approximate surface area is 135 Å². The minimum absolute atomic E-state index is 0.550. The van der Waals surface area contributed by atoms with Gasteiger partial charge in [0.15, 0.2) is 11.8 Å². The number of rotatable bonds is 6. The summed E-state index contributed by atoms with van der Waals surface area (Å²) in [5.41, 5.74) is 0. The summed E-state index contributed by atoms with van der Waals surface area (Å²) in [7, 11) is 3.74. The minimum atomic E-state index is 0.550. The van der Waals surface area contributed by atoms with Crippen molar-refractivity contribution in [3.05, 3.63) is 34.0 Å². The van der Waals surface area contributed by atoms with Crippen LogP contribution >= 0.6 is 11.3 Å². The maximum absolute atomic E-state index is 4.25. The molecule has 0 saturated heterocycles. The van der Waals surface area contributed by atoms with E-state index in [1.807, 2.05) is 29.9 Å². The summed E-state index contributed by atoms with van der Waals surface area (Å²) in [4.78, 5) is 5.67. The molecular formula is C15H24N6S. The predicted molar refractivity (Wildman–Crippen MR) is 91.1 cm³/mol. The van der Waals surface area contributed by atoms with Crippen LogP contribution in [-0.4, -0.2) is 34.3 Å². The molecule has 2 heterocycles. The van der Waals surface area contributed by atoms with E-state index in [4.69, 9.17) is 0 Å². The van der Waals surface area contributed by atoms with E-state index in [2.05, 4.69) is 50.3 Å². The van der Waals surface area contributed by atoms with Crippen molar-refractivity contribution in [1.29, 1.82) is 0 Å². The number of nitrogens with zero attached hydrogens (tertiary/aromatic N) is 4. The summed E-state index contributed by atoms with van der Waals surface area (Å²) < 4.78 is 1.97. The number of hydrogen-bond donors (Lipinski definition) is 2. The lowest BCUT2D eigenvalue weighted by atomic mass is 10.1. The van der Waals surface area contributed by atoms with Crippen LogP contribution in [0.1, 0.15) is 23.4 Å². The van der Waals surface area contributed by atoms with Gasteiger partial charge in [-0.25, -0.2) is 0 Å². The van der Waals surface area contributed by atoms with Gasteiger partial charge in [0.05, 0.1) is 6.54 Å². The lowest BCUT2D eigenvalue weighted by Crippen LogP contribution is -2.39. The summed E-state index contributed by atoms with van der Waals surface area (Å²) in [6, 6.07) is 4.29. The smallest absolute Gasteiger partial charge is 0.191 e. The molecule has 7 heteroatoms. The molecule has 22 heavy (non-hydrogen) atoms. The van der Waals surface area contributed by atoms with E-state index in [0.29, 0.717) is 12.5 Å². The molecule has 0 bridgehead atoms. The van der Waals surface area contributed by atoms with Crippen LogP contribution in [0.2, 0.25) is 0 Å². The van der Waals surface area contributed by atoms with Gasteiger partial charge in [-0.15, -0.1) is 21.5 Å². The van der Waals surface area contributed by atoms with Crippen LogP contribution in [0.25, 0.3) is 0 Å². The summed E-state index contributed by atoms with van der Waals surface area (Å²) in [5.74, 6) is 3.14. The van der Waals surface area contributed by atoms with E-state index in [1.165, 1.54) is 4.88 Å². The van der Waals surface area contributed by atoms with Crippen LogP contribution in [0.5, 0.6) is 0 Å². The van der Waals surface area contributed by atoms with Crippen LogP contribution in [0.3, 0.4) is 0 Å². The molecule has 0 saturated carbocycles. The number of aliphatic imine (C=N–C) groups is 1. The van der Waals surface area contributed by atoms with Crippen LogP contribution in [0.4, 0.5) is 0 Å². The average Bonchev–Trinajstić information content (AvgIpc) is 3.12. The van der Waals surface area contributed by atoms with Crippen molar-refractivity contribution in [2.45, 2.75) is 26.8 Å². The number of thiophene rings is 1. The highest BCUT2D eigenvalue weighted by molar-refractivity contribution is 7.09. The summed E-state index contributed by atoms with van der Waals surface area (Å²) >= 11 is 1.81. The Morgan fingerprint density at radius 2 is 2.23 bits per heavy atom. The second-order valence-electron chi connectivity index (χ2n) is 5.42. The minimum Gasteiger partial charge on any atom is -0.356 e. The highest BCUT2D eigenvalue weighted by Gasteiger charge is 2.08. The molecule has 0 radical (unpaired) electrons. The quantitative estimate of drug-likeness (QED) is 0.628. The predicted octanol–water partition coefficient (Wildman–Crippen LogP) is 1.73. The van der Waals surface area contributed by atoms with Gasteiger partial charge in [0.1, 0.15) is 5.82 Å². The molecule has 120 valence electrons. The van der Waals surface area contributed by atoms with Gasteiger partial charge in [-0.05, 0) is 30.7 Å². The van der Waals surface area contributed by atoms with E-state index in [0.717, 1.165) is 30.6 Å². The third-order valence-electron chi connectivity index (χ3n) is 3.57. The third kappa shape index (κ3) is 4.56. The fraction of sp³-hybridized carbons (Fsp3) is 0.533. The van der Waals surface area contributed by atoms with Crippen molar-refractivity contribution in [2.75, 3.05) is 13.6 Å². The Balaban J connectivity index is 1.76. The molecule has 0 aromatic carbocycles. The normalized spacial score (nSPS) is 13.2. The van der Waals surface area contributed by atoms with Gasteiger partial charge < -0.3 is 15.2 Å². The topological polar surface area (TPSA) is 67.1 Å². The Hall–Kier alpha value is -1.89. The van der Waals surface area contributed by atoms with Gasteiger partial charge in [0.25, 0.3) is 0 Å². The standard InChI is InChI=1S/C15H24N6S/c1-11(8-13-6-5-7-22-13)9-17-15(16-3)18-10-14-20-19-12(2)21(14)4/h5-7,11H,8-10H2,1-4H3,(H2,16,17,18). The summed E-state index contributed by atoms with van der Waals surface area (Å²) in [6.07, 6.45) is 1.09. The molecule has 0 spiro atoms. The first kappa shape index (κ1) is 16.5. The Bertz CT molecular complexity index is 602. The van der Waals surface area contributed by atoms with Crippen LogP contribution in [0, 0.1) is 12.8 Å². The fourth-order valence-electron chi connectivity index (χ4n) is 2.10. The molecule has 1 atom stereocenters. The molecule has 1 unspecified atom stereocenters. The first-order valence-electron chi connectivity index (χ1n) is 7.42. The number of aromatic nitrogens is 3. The monoisotopic (exact) mass is 320 g/mol. The fourth-order valence-corrected chi connectivity index (χ4v) is 2.97. The van der Waals surface area contributed by atoms with Crippen molar-refractivity contribution in [3.8, 4) is 0 Å². The third-order valence-corrected chi connectivity index (χ3v) is 4.47. The van der Waals surface area contributed by atoms with Crippen LogP contribution in [0.15, 0.2) is 22.5 Å². The molecule has 2 aromatic heterocycles. The van der Waals surface area contributed by atoms with E-state index < -0.39 is 0 Å². The SMILES string of the molecule is CN=C(NCc1nnc(C)n1C)NCC(C)Cc1cccs1. The van der Waals surface area contributed by atoms with E-state index >= 15 is 0 Å². The first-order chi connectivity index (χ1) is 10.6. The van der Waals surface area contributed by atoms with Gasteiger partial charge in [0.2, 0.25) is 0 Å². The first-order valence-corrected chi connectivity index (χ1v) is 8.30. The molecular weight excluding hydrogens is 296 g/mol. The van der Waals surface area contributed by atoms with Crippen molar-refractivity contribution in [3.63, 3.8) is 0 Å². The molecule has 0 fully saturated rings. The van der Waals surface area contributed by atoms with Crippen molar-refractivity contribution < 1.29 is 0 Å². The van der Waals surface area contributed by atoms with Gasteiger partial charge in [0, 0.05) is 25.5 Å². The molecule has 6 nitrogen and oxygen atoms in total. The van der Waals surface area contributed by atoms with Gasteiger partial charge in [-0.2, -0.15) is 0 Å². The van der Waals surface area contributed by atoms with Crippen molar-refractivity contribution in [1.82, 2.24) is 25.4 Å². The Morgan fingerprint density at radius 1 is 1.41 bits per heavy atom. The highest BCUT2D eigenvalue weighted by Crippen LogP contribution is 2.13. The molecule has 0 aliphatic carbocycles. The van der Waals surface area contributed by atoms with E-state index in [9.17, 15) is 0 Å². The van der Waals surface area contributed by atoms with Gasteiger partial charge in [-0.1, -0.05) is 13.0 Å². The number of nitrogens with one attached hydrogen (secondary N) is 2. The molecule has 2 aromatic rings. The molecule has 0 amide bonds. The molecule has 0 aliphatic heterocycles. The average molecular weight is 320 g/mol. The maximum Gasteiger partial charge on any atom is 0.191 e. The molecule has 0 aliphatic rings. The lowest BCUT2D eigenvalue weighted by Gasteiger charge is -2.15. The van der Waals surface area contributed by atoms with Gasteiger partial charge >= 0.3 is 0 Å². The Morgan fingerprint density at radius 3 is 2.82 bits per heavy atom. The van der Waals surface area contributed by atoms with Crippen LogP contribution in [-0.2, 0) is 20.0 Å². The van der Waals surface area contributed by atoms with E-state index in [-0.39, 0.29) is 0 Å². The number of hydrogen-bond acceptors (Lipinski definition) is 4. The lowest BCUT2D eigenvalue weighted by molar-refractivity contribution is 0.560. The second kappa shape index (κ2) is 7.93. The highest BCUT2D eigenvalue weighted by atomic mass is 32.1. The van der Waals surface area contributed by atoms with Crippen molar-refractivity contribution >= 4 is 17.3 Å². The summed E-state index contributed by atoms with van der Waals surface area (Å²) in [6.45, 7) is 5.67. The van der Waals surface area contributed by atoms with Gasteiger partial charge in [-0.3, -0.25) is 4.99 Å². The largest absolute Gasteiger partial charge is 0.356 e. The second-order valence-corrected chi connectivity index (χ2v) is 6.45. The zero-order valence-corrected chi connectivity index (χ0v) is 14.4. The summed E-state index contributed by atoms with van der Waals surface area (Å²) in [5, 5.41) is 16.9. The zero-order valence-electron chi connectivity index (χ0n) is 13.6. The van der Waals surface area contributed by atoms with Crippen molar-refractivity contribution in [2.24, 2.45) is 18.0 Å². The molecule has 2 rings (SSSR count). The Kier molecular flexibility index (Phi) is 5.94.